The van der Waals surface area contributed by atoms with Gasteiger partial charge in [0.2, 0.25) is 0 Å². The zero-order valence-corrected chi connectivity index (χ0v) is 9.97. The highest BCUT2D eigenvalue weighted by Gasteiger charge is 2.32. The summed E-state index contributed by atoms with van der Waals surface area (Å²) in [6.07, 6.45) is 0.672. The van der Waals surface area contributed by atoms with Crippen LogP contribution >= 0.6 is 0 Å². The van der Waals surface area contributed by atoms with Crippen molar-refractivity contribution in [2.45, 2.75) is 25.9 Å². The Balaban J connectivity index is 2.30. The van der Waals surface area contributed by atoms with E-state index in [0.717, 1.165) is 0 Å². The lowest BCUT2D eigenvalue weighted by molar-refractivity contribution is 0.0696. The Labute approximate surface area is 99.7 Å². The molecule has 1 aromatic rings. The predicted molar refractivity (Wildman–Crippen MR) is 63.4 cm³/mol. The van der Waals surface area contributed by atoms with Gasteiger partial charge in [0.1, 0.15) is 5.82 Å². The molecular formula is C12H16N2O3. The van der Waals surface area contributed by atoms with Crippen molar-refractivity contribution in [1.29, 1.82) is 0 Å². The van der Waals surface area contributed by atoms with Gasteiger partial charge in [-0.25, -0.2) is 9.78 Å². The number of carbonyl (C=O) groups is 1. The van der Waals surface area contributed by atoms with Crippen LogP contribution in [0.15, 0.2) is 12.1 Å². The molecule has 5 heteroatoms. The first kappa shape index (κ1) is 11.9. The van der Waals surface area contributed by atoms with Gasteiger partial charge in [-0.05, 0) is 32.4 Å². The number of nitrogens with zero attached hydrogens (tertiary/aromatic N) is 2. The second-order valence-electron chi connectivity index (χ2n) is 4.83. The van der Waals surface area contributed by atoms with Crippen LogP contribution in [0.5, 0.6) is 0 Å². The number of hydrogen-bond acceptors (Lipinski definition) is 4. The maximum atomic E-state index is 11.0. The third-order valence-electron chi connectivity index (χ3n) is 2.96. The smallest absolute Gasteiger partial charge is 0.335 e. The highest BCUT2D eigenvalue weighted by atomic mass is 16.4. The number of aromatic nitrogens is 1. The number of aryl methyl sites for hydroxylation is 1. The topological polar surface area (TPSA) is 73.7 Å². The SMILES string of the molecule is Cc1cc(C(=O)O)cc(N2CCC(C)(O)C2)n1. The Kier molecular flexibility index (Phi) is 2.79. The third kappa shape index (κ3) is 2.55. The molecule has 1 fully saturated rings. The molecule has 0 aliphatic carbocycles. The van der Waals surface area contributed by atoms with Crippen molar-refractivity contribution in [2.75, 3.05) is 18.0 Å². The molecule has 1 aliphatic heterocycles. The number of hydrogen-bond donors (Lipinski definition) is 2. The molecule has 1 aromatic heterocycles. The second-order valence-corrected chi connectivity index (χ2v) is 4.83. The second kappa shape index (κ2) is 4.00. The van der Waals surface area contributed by atoms with E-state index in [-0.39, 0.29) is 5.56 Å². The highest BCUT2D eigenvalue weighted by molar-refractivity contribution is 5.88. The van der Waals surface area contributed by atoms with E-state index in [0.29, 0.717) is 31.0 Å². The summed E-state index contributed by atoms with van der Waals surface area (Å²) < 4.78 is 0. The molecule has 5 nitrogen and oxygen atoms in total. The summed E-state index contributed by atoms with van der Waals surface area (Å²) in [7, 11) is 0. The van der Waals surface area contributed by atoms with E-state index in [4.69, 9.17) is 5.11 Å². The molecule has 17 heavy (non-hydrogen) atoms. The quantitative estimate of drug-likeness (QED) is 0.803. The van der Waals surface area contributed by atoms with Crippen LogP contribution < -0.4 is 4.90 Å². The zero-order chi connectivity index (χ0) is 12.6. The maximum Gasteiger partial charge on any atom is 0.335 e. The minimum absolute atomic E-state index is 0.235. The summed E-state index contributed by atoms with van der Waals surface area (Å²) in [5, 5.41) is 18.9. The van der Waals surface area contributed by atoms with E-state index in [1.165, 1.54) is 0 Å². The van der Waals surface area contributed by atoms with Gasteiger partial charge < -0.3 is 15.1 Å². The summed E-state index contributed by atoms with van der Waals surface area (Å²) in [4.78, 5) is 17.2. The molecule has 0 amide bonds. The lowest BCUT2D eigenvalue weighted by Gasteiger charge is -2.20. The predicted octanol–water partition coefficient (Wildman–Crippen LogP) is 1.05. The summed E-state index contributed by atoms with van der Waals surface area (Å²) in [5.41, 5.74) is 0.194. The van der Waals surface area contributed by atoms with Crippen molar-refractivity contribution < 1.29 is 15.0 Å². The number of anilines is 1. The molecule has 0 aromatic carbocycles. The van der Waals surface area contributed by atoms with Crippen molar-refractivity contribution in [3.8, 4) is 0 Å². The Morgan fingerprint density at radius 1 is 1.53 bits per heavy atom. The van der Waals surface area contributed by atoms with Gasteiger partial charge in [0.05, 0.1) is 11.2 Å². The van der Waals surface area contributed by atoms with Gasteiger partial charge in [-0.3, -0.25) is 0 Å². The Morgan fingerprint density at radius 3 is 2.76 bits per heavy atom. The van der Waals surface area contributed by atoms with Gasteiger partial charge >= 0.3 is 5.97 Å². The van der Waals surface area contributed by atoms with E-state index < -0.39 is 11.6 Å². The normalized spacial score (nSPS) is 24.1. The standard InChI is InChI=1S/C12H16N2O3/c1-8-5-9(11(15)16)6-10(13-8)14-4-3-12(2,17)7-14/h5-6,17H,3-4,7H2,1-2H3,(H,15,16). The van der Waals surface area contributed by atoms with Crippen LogP contribution in [-0.2, 0) is 0 Å². The third-order valence-corrected chi connectivity index (χ3v) is 2.96. The molecule has 0 bridgehead atoms. The Morgan fingerprint density at radius 2 is 2.24 bits per heavy atom. The molecule has 1 aliphatic rings. The van der Waals surface area contributed by atoms with E-state index >= 15 is 0 Å². The van der Waals surface area contributed by atoms with Crippen molar-refractivity contribution >= 4 is 11.8 Å². The van der Waals surface area contributed by atoms with Gasteiger partial charge in [-0.1, -0.05) is 0 Å². The number of aliphatic hydroxyl groups is 1. The fraction of sp³-hybridized carbons (Fsp3) is 0.500. The van der Waals surface area contributed by atoms with Gasteiger partial charge in [0.25, 0.3) is 0 Å². The first-order valence-corrected chi connectivity index (χ1v) is 5.57. The molecule has 92 valence electrons. The van der Waals surface area contributed by atoms with Crippen LogP contribution in [0.3, 0.4) is 0 Å². The number of pyridine rings is 1. The van der Waals surface area contributed by atoms with E-state index in [2.05, 4.69) is 4.98 Å². The van der Waals surface area contributed by atoms with E-state index in [1.807, 2.05) is 4.90 Å². The molecule has 0 radical (unpaired) electrons. The maximum absolute atomic E-state index is 11.0. The van der Waals surface area contributed by atoms with Crippen LogP contribution in [-0.4, -0.2) is 39.9 Å². The van der Waals surface area contributed by atoms with Crippen molar-refractivity contribution in [3.05, 3.63) is 23.4 Å². The number of aromatic carboxylic acids is 1. The minimum atomic E-state index is -0.956. The van der Waals surface area contributed by atoms with Crippen LogP contribution in [0.2, 0.25) is 0 Å². The van der Waals surface area contributed by atoms with Gasteiger partial charge in [-0.15, -0.1) is 0 Å². The van der Waals surface area contributed by atoms with Gasteiger partial charge in [0.15, 0.2) is 0 Å². The average Bonchev–Trinajstić information content (AvgIpc) is 2.58. The van der Waals surface area contributed by atoms with Crippen LogP contribution in [0.1, 0.15) is 29.4 Å². The summed E-state index contributed by atoms with van der Waals surface area (Å²) in [6, 6.07) is 3.09. The first-order chi connectivity index (χ1) is 7.87. The zero-order valence-electron chi connectivity index (χ0n) is 9.97. The minimum Gasteiger partial charge on any atom is -0.478 e. The molecule has 1 unspecified atom stereocenters. The Bertz CT molecular complexity index is 457. The van der Waals surface area contributed by atoms with Crippen molar-refractivity contribution in [3.63, 3.8) is 0 Å². The molecule has 0 saturated carbocycles. The summed E-state index contributed by atoms with van der Waals surface area (Å²) in [5.74, 6) is -0.331. The number of β-amino-alcohol motifs (C(OH)–C–C–N with tert-alkyl or cyclic N) is 1. The van der Waals surface area contributed by atoms with Crippen LogP contribution in [0.4, 0.5) is 5.82 Å². The number of carboxylic acid groups (broad SMARTS) is 1. The lowest BCUT2D eigenvalue weighted by Crippen LogP contribution is -2.30. The van der Waals surface area contributed by atoms with E-state index in [1.54, 1.807) is 26.0 Å². The van der Waals surface area contributed by atoms with Crippen molar-refractivity contribution in [1.82, 2.24) is 4.98 Å². The molecule has 1 atom stereocenters. The summed E-state index contributed by atoms with van der Waals surface area (Å²) >= 11 is 0. The lowest BCUT2D eigenvalue weighted by atomic mass is 10.1. The first-order valence-electron chi connectivity index (χ1n) is 5.57. The van der Waals surface area contributed by atoms with E-state index in [9.17, 15) is 9.90 Å². The van der Waals surface area contributed by atoms with Gasteiger partial charge in [-0.2, -0.15) is 0 Å². The van der Waals surface area contributed by atoms with Crippen LogP contribution in [0, 0.1) is 6.92 Å². The van der Waals surface area contributed by atoms with Crippen LogP contribution in [0.25, 0.3) is 0 Å². The fourth-order valence-electron chi connectivity index (χ4n) is 2.08. The summed E-state index contributed by atoms with van der Waals surface area (Å²) in [6.45, 7) is 4.73. The largest absolute Gasteiger partial charge is 0.478 e. The molecule has 2 N–H and O–H groups in total. The molecule has 1 saturated heterocycles. The monoisotopic (exact) mass is 236 g/mol. The van der Waals surface area contributed by atoms with Crippen molar-refractivity contribution in [2.24, 2.45) is 0 Å². The number of carboxylic acids is 1. The fourth-order valence-corrected chi connectivity index (χ4v) is 2.08. The molecular weight excluding hydrogens is 220 g/mol. The van der Waals surface area contributed by atoms with Gasteiger partial charge in [0, 0.05) is 18.8 Å². The Hall–Kier alpha value is -1.62. The molecule has 2 heterocycles. The molecule has 2 rings (SSSR count). The number of rotatable bonds is 2. The average molecular weight is 236 g/mol. The highest BCUT2D eigenvalue weighted by Crippen LogP contribution is 2.25. The molecule has 0 spiro atoms.